The highest BCUT2D eigenvalue weighted by Crippen LogP contribution is 2.30. The van der Waals surface area contributed by atoms with E-state index in [0.29, 0.717) is 12.0 Å². The van der Waals surface area contributed by atoms with E-state index in [4.69, 9.17) is 4.74 Å². The van der Waals surface area contributed by atoms with Crippen molar-refractivity contribution in [3.8, 4) is 0 Å². The predicted molar refractivity (Wildman–Crippen MR) is 79.9 cm³/mol. The van der Waals surface area contributed by atoms with Crippen molar-refractivity contribution in [2.45, 2.75) is 58.0 Å². The highest BCUT2D eigenvalue weighted by atomic mass is 19.4. The van der Waals surface area contributed by atoms with Gasteiger partial charge in [-0.2, -0.15) is 13.2 Å². The average molecular weight is 333 g/mol. The van der Waals surface area contributed by atoms with Gasteiger partial charge in [0.2, 0.25) is 0 Å². The summed E-state index contributed by atoms with van der Waals surface area (Å²) in [4.78, 5) is 11.9. The molecule has 0 saturated heterocycles. The minimum absolute atomic E-state index is 0.321. The van der Waals surface area contributed by atoms with Crippen LogP contribution in [0.4, 0.5) is 18.0 Å². The normalized spacial score (nSPS) is 15.0. The molecule has 0 aliphatic rings. The van der Waals surface area contributed by atoms with Crippen molar-refractivity contribution in [1.82, 2.24) is 5.32 Å². The first-order valence-electron chi connectivity index (χ1n) is 7.28. The Labute approximate surface area is 133 Å². The SMILES string of the molecule is CCC(O)C(NC(=O)OC(C)(C)C)c1ccc(C(F)(F)F)cc1. The number of halogens is 3. The van der Waals surface area contributed by atoms with Crippen LogP contribution in [-0.4, -0.2) is 22.9 Å². The second-order valence-electron chi connectivity index (χ2n) is 6.22. The number of aliphatic hydroxyl groups is 1. The molecule has 4 nitrogen and oxygen atoms in total. The summed E-state index contributed by atoms with van der Waals surface area (Å²) in [7, 11) is 0. The first kappa shape index (κ1) is 19.3. The van der Waals surface area contributed by atoms with E-state index in [0.717, 1.165) is 12.1 Å². The number of alkyl carbamates (subject to hydrolysis) is 1. The van der Waals surface area contributed by atoms with Crippen molar-refractivity contribution in [2.24, 2.45) is 0 Å². The first-order valence-corrected chi connectivity index (χ1v) is 7.28. The van der Waals surface area contributed by atoms with Gasteiger partial charge < -0.3 is 15.2 Å². The molecule has 2 N–H and O–H groups in total. The van der Waals surface area contributed by atoms with Crippen LogP contribution in [0.25, 0.3) is 0 Å². The number of carbonyl (C=O) groups is 1. The molecule has 0 aliphatic heterocycles. The van der Waals surface area contributed by atoms with Crippen LogP contribution in [0.1, 0.15) is 51.3 Å². The summed E-state index contributed by atoms with van der Waals surface area (Å²) in [5.74, 6) is 0. The third-order valence-corrected chi connectivity index (χ3v) is 3.07. The number of amides is 1. The molecular formula is C16H22F3NO3. The van der Waals surface area contributed by atoms with E-state index in [-0.39, 0.29) is 0 Å². The first-order chi connectivity index (χ1) is 10.4. The van der Waals surface area contributed by atoms with E-state index in [1.54, 1.807) is 27.7 Å². The van der Waals surface area contributed by atoms with Gasteiger partial charge in [0.25, 0.3) is 0 Å². The molecule has 2 unspecified atom stereocenters. The van der Waals surface area contributed by atoms with Crippen LogP contribution in [0.15, 0.2) is 24.3 Å². The van der Waals surface area contributed by atoms with E-state index in [9.17, 15) is 23.1 Å². The maximum atomic E-state index is 12.6. The van der Waals surface area contributed by atoms with Crippen molar-refractivity contribution < 1.29 is 27.8 Å². The molecule has 1 aromatic carbocycles. The summed E-state index contributed by atoms with van der Waals surface area (Å²) in [5, 5.41) is 12.6. The Morgan fingerprint density at radius 3 is 2.13 bits per heavy atom. The smallest absolute Gasteiger partial charge is 0.416 e. The second-order valence-corrected chi connectivity index (χ2v) is 6.22. The van der Waals surface area contributed by atoms with Gasteiger partial charge in [0, 0.05) is 0 Å². The highest BCUT2D eigenvalue weighted by molar-refractivity contribution is 5.68. The molecule has 0 bridgehead atoms. The summed E-state index contributed by atoms with van der Waals surface area (Å²) in [6.07, 6.45) is -5.80. The molecule has 1 amide bonds. The highest BCUT2D eigenvalue weighted by Gasteiger charge is 2.31. The average Bonchev–Trinajstić information content (AvgIpc) is 2.41. The number of nitrogens with one attached hydrogen (secondary N) is 1. The van der Waals surface area contributed by atoms with E-state index in [1.165, 1.54) is 12.1 Å². The van der Waals surface area contributed by atoms with Gasteiger partial charge in [0.1, 0.15) is 5.60 Å². The molecule has 2 atom stereocenters. The van der Waals surface area contributed by atoms with Crippen molar-refractivity contribution >= 4 is 6.09 Å². The van der Waals surface area contributed by atoms with Gasteiger partial charge in [-0.15, -0.1) is 0 Å². The molecule has 1 rings (SSSR count). The van der Waals surface area contributed by atoms with Gasteiger partial charge in [-0.3, -0.25) is 0 Å². The van der Waals surface area contributed by atoms with Crippen molar-refractivity contribution in [1.29, 1.82) is 0 Å². The maximum absolute atomic E-state index is 12.6. The largest absolute Gasteiger partial charge is 0.444 e. The number of hydrogen-bond acceptors (Lipinski definition) is 3. The Morgan fingerprint density at radius 2 is 1.74 bits per heavy atom. The molecule has 23 heavy (non-hydrogen) atoms. The summed E-state index contributed by atoms with van der Waals surface area (Å²) in [6, 6.07) is 3.47. The molecule has 0 radical (unpaired) electrons. The molecule has 0 aliphatic carbocycles. The number of benzene rings is 1. The molecule has 0 heterocycles. The van der Waals surface area contributed by atoms with Crippen LogP contribution in [0.5, 0.6) is 0 Å². The lowest BCUT2D eigenvalue weighted by Crippen LogP contribution is -2.39. The summed E-state index contributed by atoms with van der Waals surface area (Å²) < 4.78 is 42.9. The van der Waals surface area contributed by atoms with Crippen molar-refractivity contribution in [2.75, 3.05) is 0 Å². The number of aliphatic hydroxyl groups excluding tert-OH is 1. The van der Waals surface area contributed by atoms with Crippen LogP contribution in [0, 0.1) is 0 Å². The van der Waals surface area contributed by atoms with E-state index < -0.39 is 35.6 Å². The minimum atomic E-state index is -4.43. The lowest BCUT2D eigenvalue weighted by atomic mass is 9.98. The molecule has 0 fully saturated rings. The minimum Gasteiger partial charge on any atom is -0.444 e. The van der Waals surface area contributed by atoms with E-state index in [2.05, 4.69) is 5.32 Å². The van der Waals surface area contributed by atoms with Gasteiger partial charge in [0.15, 0.2) is 0 Å². The fourth-order valence-electron chi connectivity index (χ4n) is 1.95. The third-order valence-electron chi connectivity index (χ3n) is 3.07. The number of hydrogen-bond donors (Lipinski definition) is 2. The zero-order valence-corrected chi connectivity index (χ0v) is 13.6. The zero-order chi connectivity index (χ0) is 17.8. The predicted octanol–water partition coefficient (Wildman–Crippen LogP) is 4.04. The molecule has 0 spiro atoms. The van der Waals surface area contributed by atoms with Crippen LogP contribution < -0.4 is 5.32 Å². The number of rotatable bonds is 4. The molecule has 1 aromatic rings. The Hall–Kier alpha value is -1.76. The lowest BCUT2D eigenvalue weighted by molar-refractivity contribution is -0.137. The van der Waals surface area contributed by atoms with Crippen LogP contribution in [0.2, 0.25) is 0 Å². The number of alkyl halides is 3. The van der Waals surface area contributed by atoms with Gasteiger partial charge in [-0.1, -0.05) is 19.1 Å². The quantitative estimate of drug-likeness (QED) is 0.874. The maximum Gasteiger partial charge on any atom is 0.416 e. The van der Waals surface area contributed by atoms with Gasteiger partial charge >= 0.3 is 12.3 Å². The Balaban J connectivity index is 2.96. The van der Waals surface area contributed by atoms with Crippen LogP contribution in [-0.2, 0) is 10.9 Å². The number of ether oxygens (including phenoxy) is 1. The third kappa shape index (κ3) is 6.09. The molecule has 7 heteroatoms. The Bertz CT molecular complexity index is 521. The van der Waals surface area contributed by atoms with Crippen molar-refractivity contribution in [3.05, 3.63) is 35.4 Å². The molecular weight excluding hydrogens is 311 g/mol. The lowest BCUT2D eigenvalue weighted by Gasteiger charge is -2.26. The van der Waals surface area contributed by atoms with Crippen LogP contribution >= 0.6 is 0 Å². The van der Waals surface area contributed by atoms with E-state index >= 15 is 0 Å². The molecule has 130 valence electrons. The van der Waals surface area contributed by atoms with E-state index in [1.807, 2.05) is 0 Å². The fraction of sp³-hybridized carbons (Fsp3) is 0.562. The molecule has 0 aromatic heterocycles. The van der Waals surface area contributed by atoms with Gasteiger partial charge in [-0.05, 0) is 44.9 Å². The Morgan fingerprint density at radius 1 is 1.22 bits per heavy atom. The number of carbonyl (C=O) groups excluding carboxylic acids is 1. The van der Waals surface area contributed by atoms with Crippen LogP contribution in [0.3, 0.4) is 0 Å². The van der Waals surface area contributed by atoms with Gasteiger partial charge in [-0.25, -0.2) is 4.79 Å². The topological polar surface area (TPSA) is 58.6 Å². The standard InChI is InChI=1S/C16H22F3NO3/c1-5-12(21)13(20-14(22)23-15(2,3)4)10-6-8-11(9-7-10)16(17,18)19/h6-9,12-13,21H,5H2,1-4H3,(H,20,22). The molecule has 0 saturated carbocycles. The second kappa shape index (κ2) is 7.21. The summed E-state index contributed by atoms with van der Waals surface area (Å²) >= 11 is 0. The summed E-state index contributed by atoms with van der Waals surface area (Å²) in [5.41, 5.74) is -1.13. The Kier molecular flexibility index (Phi) is 6.04. The van der Waals surface area contributed by atoms with Crippen molar-refractivity contribution in [3.63, 3.8) is 0 Å². The fourth-order valence-corrected chi connectivity index (χ4v) is 1.95. The zero-order valence-electron chi connectivity index (χ0n) is 13.6. The van der Waals surface area contributed by atoms with Gasteiger partial charge in [0.05, 0.1) is 17.7 Å². The summed E-state index contributed by atoms with van der Waals surface area (Å²) in [6.45, 7) is 6.78. The monoisotopic (exact) mass is 333 g/mol.